The lowest BCUT2D eigenvalue weighted by Crippen LogP contribution is -2.46. The zero-order valence-electron chi connectivity index (χ0n) is 9.44. The van der Waals surface area contributed by atoms with Gasteiger partial charge in [-0.25, -0.2) is 0 Å². The van der Waals surface area contributed by atoms with E-state index in [0.717, 1.165) is 6.54 Å². The molecule has 0 radical (unpaired) electrons. The summed E-state index contributed by atoms with van der Waals surface area (Å²) in [5.74, 6) is -1.13. The first-order chi connectivity index (χ1) is 7.63. The van der Waals surface area contributed by atoms with Gasteiger partial charge in [-0.1, -0.05) is 0 Å². The minimum Gasteiger partial charge on any atom is -0.480 e. The van der Waals surface area contributed by atoms with Crippen LogP contribution in [0.3, 0.4) is 0 Å². The second-order valence-electron chi connectivity index (χ2n) is 3.73. The molecule has 2 N–H and O–H groups in total. The number of carbonyl (C=O) groups excluding carboxylic acids is 1. The first-order valence-corrected chi connectivity index (χ1v) is 5.44. The number of aliphatic carboxylic acids is 1. The molecular weight excluding hydrogens is 212 g/mol. The minimum atomic E-state index is -0.983. The van der Waals surface area contributed by atoms with Crippen molar-refractivity contribution in [1.29, 1.82) is 0 Å². The number of morpholine rings is 1. The van der Waals surface area contributed by atoms with Crippen LogP contribution in [0.25, 0.3) is 0 Å². The number of nitrogens with one attached hydrogen (secondary N) is 1. The van der Waals surface area contributed by atoms with Crippen LogP contribution in [0.4, 0.5) is 0 Å². The summed E-state index contributed by atoms with van der Waals surface area (Å²) >= 11 is 0. The van der Waals surface area contributed by atoms with Gasteiger partial charge in [-0.3, -0.25) is 9.59 Å². The standard InChI is InChI=1S/C10H18N2O4/c1-2-12(6-10(14)15)9(13)5-8-7-16-4-3-11-8/h8,11H,2-7H2,1H3,(H,14,15). The van der Waals surface area contributed by atoms with Gasteiger partial charge >= 0.3 is 5.97 Å². The minimum absolute atomic E-state index is 0.00379. The van der Waals surface area contributed by atoms with Crippen LogP contribution in [0.2, 0.25) is 0 Å². The number of carboxylic acid groups (broad SMARTS) is 1. The van der Waals surface area contributed by atoms with Gasteiger partial charge in [-0.2, -0.15) is 0 Å². The number of carbonyl (C=O) groups is 2. The van der Waals surface area contributed by atoms with Gasteiger partial charge in [0.25, 0.3) is 0 Å². The molecule has 1 unspecified atom stereocenters. The highest BCUT2D eigenvalue weighted by atomic mass is 16.5. The highest BCUT2D eigenvalue weighted by molar-refractivity contribution is 5.81. The quantitative estimate of drug-likeness (QED) is 0.653. The third-order valence-electron chi connectivity index (χ3n) is 2.48. The average molecular weight is 230 g/mol. The summed E-state index contributed by atoms with van der Waals surface area (Å²) in [4.78, 5) is 23.6. The van der Waals surface area contributed by atoms with Gasteiger partial charge in [-0.05, 0) is 6.92 Å². The Morgan fingerprint density at radius 1 is 1.56 bits per heavy atom. The normalized spacial score (nSPS) is 20.4. The predicted octanol–water partition coefficient (Wildman–Crippen LogP) is -0.702. The fourth-order valence-corrected chi connectivity index (χ4v) is 1.63. The molecule has 0 aromatic heterocycles. The van der Waals surface area contributed by atoms with Crippen molar-refractivity contribution in [1.82, 2.24) is 10.2 Å². The Morgan fingerprint density at radius 2 is 2.31 bits per heavy atom. The van der Waals surface area contributed by atoms with Crippen molar-refractivity contribution < 1.29 is 19.4 Å². The largest absolute Gasteiger partial charge is 0.480 e. The van der Waals surface area contributed by atoms with E-state index in [4.69, 9.17) is 9.84 Å². The summed E-state index contributed by atoms with van der Waals surface area (Å²) in [6.07, 6.45) is 0.293. The van der Waals surface area contributed by atoms with Crippen LogP contribution in [0.5, 0.6) is 0 Å². The van der Waals surface area contributed by atoms with Crippen molar-refractivity contribution in [2.24, 2.45) is 0 Å². The van der Waals surface area contributed by atoms with Crippen LogP contribution in [-0.4, -0.2) is 60.8 Å². The molecule has 6 nitrogen and oxygen atoms in total. The Hall–Kier alpha value is -1.14. The fourth-order valence-electron chi connectivity index (χ4n) is 1.63. The summed E-state index contributed by atoms with van der Waals surface area (Å²) < 4.78 is 5.23. The average Bonchev–Trinajstić information content (AvgIpc) is 2.26. The van der Waals surface area contributed by atoms with Crippen LogP contribution in [-0.2, 0) is 14.3 Å². The second-order valence-corrected chi connectivity index (χ2v) is 3.73. The molecule has 0 spiro atoms. The maximum Gasteiger partial charge on any atom is 0.323 e. The Balaban J connectivity index is 2.38. The number of hydrogen-bond acceptors (Lipinski definition) is 4. The summed E-state index contributed by atoms with van der Waals surface area (Å²) in [5, 5.41) is 11.8. The van der Waals surface area contributed by atoms with Crippen LogP contribution < -0.4 is 5.32 Å². The third kappa shape index (κ3) is 4.16. The molecule has 0 aliphatic carbocycles. The van der Waals surface area contributed by atoms with Crippen molar-refractivity contribution in [3.63, 3.8) is 0 Å². The Morgan fingerprint density at radius 3 is 2.81 bits per heavy atom. The van der Waals surface area contributed by atoms with Crippen LogP contribution in [0.1, 0.15) is 13.3 Å². The van der Waals surface area contributed by atoms with Gasteiger partial charge in [0.1, 0.15) is 6.54 Å². The van der Waals surface area contributed by atoms with E-state index in [-0.39, 0.29) is 18.5 Å². The van der Waals surface area contributed by atoms with Gasteiger partial charge in [0.05, 0.1) is 13.2 Å². The zero-order valence-corrected chi connectivity index (χ0v) is 9.44. The van der Waals surface area contributed by atoms with E-state index in [9.17, 15) is 9.59 Å². The molecule has 6 heteroatoms. The molecule has 0 bridgehead atoms. The van der Waals surface area contributed by atoms with E-state index in [1.165, 1.54) is 4.90 Å². The summed E-state index contributed by atoms with van der Waals surface area (Å²) in [7, 11) is 0. The summed E-state index contributed by atoms with van der Waals surface area (Å²) in [6, 6.07) is 0.00379. The van der Waals surface area contributed by atoms with Crippen LogP contribution in [0, 0.1) is 0 Å². The van der Waals surface area contributed by atoms with Crippen molar-refractivity contribution >= 4 is 11.9 Å². The molecule has 1 aliphatic heterocycles. The van der Waals surface area contributed by atoms with Crippen molar-refractivity contribution in [3.05, 3.63) is 0 Å². The van der Waals surface area contributed by atoms with Gasteiger partial charge in [0.2, 0.25) is 5.91 Å². The molecule has 1 saturated heterocycles. The molecule has 1 rings (SSSR count). The van der Waals surface area contributed by atoms with Crippen molar-refractivity contribution in [3.8, 4) is 0 Å². The highest BCUT2D eigenvalue weighted by Gasteiger charge is 2.21. The van der Waals surface area contributed by atoms with Crippen LogP contribution >= 0.6 is 0 Å². The Kier molecular flexibility index (Phi) is 5.21. The topological polar surface area (TPSA) is 78.9 Å². The number of rotatable bonds is 5. The maximum atomic E-state index is 11.7. The van der Waals surface area contributed by atoms with Crippen molar-refractivity contribution in [2.45, 2.75) is 19.4 Å². The third-order valence-corrected chi connectivity index (χ3v) is 2.48. The maximum absolute atomic E-state index is 11.7. The molecule has 1 heterocycles. The van der Waals surface area contributed by atoms with E-state index in [2.05, 4.69) is 5.32 Å². The molecule has 16 heavy (non-hydrogen) atoms. The van der Waals surface area contributed by atoms with Gasteiger partial charge in [0, 0.05) is 25.6 Å². The molecule has 0 saturated carbocycles. The zero-order chi connectivity index (χ0) is 12.0. The van der Waals surface area contributed by atoms with Gasteiger partial charge < -0.3 is 20.1 Å². The number of amides is 1. The number of likely N-dealkylation sites (N-methyl/N-ethyl adjacent to an activating group) is 1. The molecule has 1 fully saturated rings. The van der Waals surface area contributed by atoms with E-state index in [1.807, 2.05) is 0 Å². The lowest BCUT2D eigenvalue weighted by Gasteiger charge is -2.26. The van der Waals surface area contributed by atoms with Gasteiger partial charge in [0.15, 0.2) is 0 Å². The fraction of sp³-hybridized carbons (Fsp3) is 0.800. The van der Waals surface area contributed by atoms with Crippen molar-refractivity contribution in [2.75, 3.05) is 32.8 Å². The molecule has 0 aromatic carbocycles. The smallest absolute Gasteiger partial charge is 0.323 e. The first-order valence-electron chi connectivity index (χ1n) is 5.44. The monoisotopic (exact) mass is 230 g/mol. The predicted molar refractivity (Wildman–Crippen MR) is 57.1 cm³/mol. The molecule has 92 valence electrons. The lowest BCUT2D eigenvalue weighted by molar-refractivity contribution is -0.144. The van der Waals surface area contributed by atoms with E-state index in [1.54, 1.807) is 6.92 Å². The first kappa shape index (κ1) is 12.9. The van der Waals surface area contributed by atoms with E-state index < -0.39 is 5.97 Å². The molecule has 0 aromatic rings. The molecule has 1 amide bonds. The molecular formula is C10H18N2O4. The SMILES string of the molecule is CCN(CC(=O)O)C(=O)CC1COCCN1. The number of carboxylic acids is 1. The Labute approximate surface area is 94.6 Å². The van der Waals surface area contributed by atoms with E-state index >= 15 is 0 Å². The van der Waals surface area contributed by atoms with Crippen LogP contribution in [0.15, 0.2) is 0 Å². The molecule has 1 atom stereocenters. The number of ether oxygens (including phenoxy) is 1. The summed E-state index contributed by atoms with van der Waals surface area (Å²) in [6.45, 7) is 3.87. The lowest BCUT2D eigenvalue weighted by atomic mass is 10.2. The highest BCUT2D eigenvalue weighted by Crippen LogP contribution is 2.02. The number of hydrogen-bond donors (Lipinski definition) is 2. The van der Waals surface area contributed by atoms with Gasteiger partial charge in [-0.15, -0.1) is 0 Å². The van der Waals surface area contributed by atoms with E-state index in [0.29, 0.717) is 26.2 Å². The summed E-state index contributed by atoms with van der Waals surface area (Å²) in [5.41, 5.74) is 0. The Bertz CT molecular complexity index is 251. The molecule has 1 aliphatic rings. The second kappa shape index (κ2) is 6.44. The number of nitrogens with zero attached hydrogens (tertiary/aromatic N) is 1.